The molecule has 2 nitrogen and oxygen atoms in total. The number of rotatable bonds is 16. The Kier molecular flexibility index (Phi) is 14.0. The second-order valence-corrected chi connectivity index (χ2v) is 5.91. The summed E-state index contributed by atoms with van der Waals surface area (Å²) in [5, 5.41) is 0. The highest BCUT2D eigenvalue weighted by Gasteiger charge is 1.99. The standard InChI is InChI=1S/C19H38O2/c1-3-4-5-6-7-8-9-10-11-12-13-14-15-16-17-18-19(20)21-2/h3-18H2,1-2H3/i13D,14D. The summed E-state index contributed by atoms with van der Waals surface area (Å²) in [7, 11) is 1.40. The van der Waals surface area contributed by atoms with Gasteiger partial charge in [-0.2, -0.15) is 0 Å². The number of methoxy groups -OCH3 is 1. The van der Waals surface area contributed by atoms with Crippen LogP contribution in [0.3, 0.4) is 0 Å². The van der Waals surface area contributed by atoms with E-state index < -0.39 is 0 Å². The van der Waals surface area contributed by atoms with E-state index in [0.717, 1.165) is 32.1 Å². The molecule has 0 N–H and O–H groups in total. The van der Waals surface area contributed by atoms with Crippen LogP contribution in [0.25, 0.3) is 0 Å². The Bertz CT molecular complexity index is 272. The molecule has 2 unspecified atom stereocenters. The van der Waals surface area contributed by atoms with E-state index in [4.69, 9.17) is 2.74 Å². The first kappa shape index (κ1) is 16.8. The number of esters is 1. The van der Waals surface area contributed by atoms with Crippen LogP contribution < -0.4 is 0 Å². The molecule has 0 aromatic carbocycles. The summed E-state index contributed by atoms with van der Waals surface area (Å²) in [4.78, 5) is 11.0. The Morgan fingerprint density at radius 2 is 1.19 bits per heavy atom. The first-order valence-corrected chi connectivity index (χ1v) is 9.03. The second kappa shape index (κ2) is 17.5. The molecule has 0 rings (SSSR count). The van der Waals surface area contributed by atoms with Crippen molar-refractivity contribution in [2.75, 3.05) is 7.11 Å². The number of unbranched alkanes of at least 4 members (excludes halogenated alkanes) is 9. The summed E-state index contributed by atoms with van der Waals surface area (Å²) < 4.78 is 20.7. The predicted octanol–water partition coefficient (Wildman–Crippen LogP) is 6.42. The summed E-state index contributed by atoms with van der Waals surface area (Å²) in [6, 6.07) is 0. The quantitative estimate of drug-likeness (QED) is 0.243. The van der Waals surface area contributed by atoms with Gasteiger partial charge in [0.25, 0.3) is 0 Å². The van der Waals surface area contributed by atoms with Gasteiger partial charge in [-0.3, -0.25) is 4.79 Å². The fourth-order valence-corrected chi connectivity index (χ4v) is 2.44. The molecular formula is C19H38O2. The molecule has 2 atom stereocenters. The average Bonchev–Trinajstić information content (AvgIpc) is 2.56. The molecule has 126 valence electrons. The van der Waals surface area contributed by atoms with Gasteiger partial charge in [0.05, 0.1) is 7.11 Å². The van der Waals surface area contributed by atoms with Crippen LogP contribution in [-0.2, 0) is 9.53 Å². The van der Waals surface area contributed by atoms with Gasteiger partial charge >= 0.3 is 5.97 Å². The minimum atomic E-state index is -0.304. The van der Waals surface area contributed by atoms with Crippen LogP contribution >= 0.6 is 0 Å². The maximum Gasteiger partial charge on any atom is 0.305 e. The highest BCUT2D eigenvalue weighted by molar-refractivity contribution is 5.68. The molecule has 0 aliphatic heterocycles. The largest absolute Gasteiger partial charge is 0.469 e. The van der Waals surface area contributed by atoms with E-state index in [1.807, 2.05) is 0 Å². The molecule has 0 saturated carbocycles. The third kappa shape index (κ3) is 17.4. The SMILES string of the molecule is [2H]C(CCCCCCCCCCC)C([2H])CCCCC(=O)OC. The van der Waals surface area contributed by atoms with Crippen LogP contribution in [0.1, 0.15) is 112 Å². The topological polar surface area (TPSA) is 26.3 Å². The van der Waals surface area contributed by atoms with E-state index in [9.17, 15) is 4.79 Å². The molecule has 21 heavy (non-hydrogen) atoms. The number of carbonyl (C=O) groups is 1. The minimum Gasteiger partial charge on any atom is -0.469 e. The van der Waals surface area contributed by atoms with Crippen LogP contribution in [0.15, 0.2) is 0 Å². The lowest BCUT2D eigenvalue weighted by atomic mass is 10.0. The molecule has 0 saturated heterocycles. The normalized spacial score (nSPS) is 15.1. The minimum absolute atomic E-state index is 0.177. The molecule has 0 aromatic heterocycles. The van der Waals surface area contributed by atoms with Crippen molar-refractivity contribution in [1.82, 2.24) is 0 Å². The molecule has 0 amide bonds. The zero-order valence-corrected chi connectivity index (χ0v) is 14.4. The van der Waals surface area contributed by atoms with Crippen molar-refractivity contribution in [2.24, 2.45) is 0 Å². The summed E-state index contributed by atoms with van der Waals surface area (Å²) in [5.74, 6) is -0.177. The molecule has 0 aliphatic rings. The smallest absolute Gasteiger partial charge is 0.305 e. The van der Waals surface area contributed by atoms with E-state index in [-0.39, 0.29) is 18.8 Å². The van der Waals surface area contributed by atoms with Crippen molar-refractivity contribution in [3.63, 3.8) is 0 Å². The second-order valence-electron chi connectivity index (χ2n) is 5.91. The first-order valence-electron chi connectivity index (χ1n) is 10.2. The van der Waals surface area contributed by atoms with Crippen molar-refractivity contribution in [2.45, 2.75) is 110 Å². The fourth-order valence-electron chi connectivity index (χ4n) is 2.44. The predicted molar refractivity (Wildman–Crippen MR) is 91.6 cm³/mol. The number of hydrogen-bond acceptors (Lipinski definition) is 2. The van der Waals surface area contributed by atoms with Crippen LogP contribution in [0.4, 0.5) is 0 Å². The molecule has 0 fully saturated rings. The Hall–Kier alpha value is -0.530. The number of ether oxygens (including phenoxy) is 1. The van der Waals surface area contributed by atoms with Crippen molar-refractivity contribution < 1.29 is 12.3 Å². The highest BCUT2D eigenvalue weighted by Crippen LogP contribution is 2.13. The van der Waals surface area contributed by atoms with Crippen LogP contribution in [0.2, 0.25) is 0 Å². The summed E-state index contributed by atoms with van der Waals surface area (Å²) >= 11 is 0. The van der Waals surface area contributed by atoms with E-state index in [1.54, 1.807) is 0 Å². The molecule has 0 aromatic rings. The van der Waals surface area contributed by atoms with E-state index in [2.05, 4.69) is 11.7 Å². The lowest BCUT2D eigenvalue weighted by Gasteiger charge is -2.03. The van der Waals surface area contributed by atoms with Gasteiger partial charge in [-0.05, 0) is 6.42 Å². The van der Waals surface area contributed by atoms with Crippen molar-refractivity contribution in [3.8, 4) is 0 Å². The van der Waals surface area contributed by atoms with Crippen molar-refractivity contribution >= 4 is 5.97 Å². The average molecular weight is 301 g/mol. The molecule has 0 radical (unpaired) electrons. The number of hydrogen-bond donors (Lipinski definition) is 0. The Balaban J connectivity index is 3.40. The summed E-state index contributed by atoms with van der Waals surface area (Å²) in [5.41, 5.74) is 0. The Morgan fingerprint density at radius 3 is 1.67 bits per heavy atom. The zero-order valence-electron chi connectivity index (χ0n) is 16.4. The molecule has 2 heteroatoms. The number of carbonyl (C=O) groups excluding carboxylic acids is 1. The summed E-state index contributed by atoms with van der Waals surface area (Å²) in [6.07, 6.45) is 14.7. The highest BCUT2D eigenvalue weighted by atomic mass is 16.5. The molecule has 0 spiro atoms. The van der Waals surface area contributed by atoms with E-state index >= 15 is 0 Å². The first-order chi connectivity index (χ1) is 11.1. The maximum atomic E-state index is 11.0. The van der Waals surface area contributed by atoms with Gasteiger partial charge in [0.1, 0.15) is 0 Å². The fraction of sp³-hybridized carbons (Fsp3) is 0.947. The van der Waals surface area contributed by atoms with Gasteiger partial charge in [0, 0.05) is 9.16 Å². The monoisotopic (exact) mass is 300 g/mol. The maximum absolute atomic E-state index is 11.0. The van der Waals surface area contributed by atoms with Gasteiger partial charge in [0.2, 0.25) is 0 Å². The molecule has 0 aliphatic carbocycles. The van der Waals surface area contributed by atoms with Crippen LogP contribution in [0, 0.1) is 0 Å². The molecule has 0 bridgehead atoms. The van der Waals surface area contributed by atoms with Crippen LogP contribution in [-0.4, -0.2) is 13.1 Å². The van der Waals surface area contributed by atoms with Crippen LogP contribution in [0.5, 0.6) is 0 Å². The third-order valence-electron chi connectivity index (χ3n) is 3.87. The lowest BCUT2D eigenvalue weighted by Crippen LogP contribution is -1.99. The Morgan fingerprint density at radius 1 is 0.762 bits per heavy atom. The van der Waals surface area contributed by atoms with E-state index in [1.165, 1.54) is 58.5 Å². The zero-order chi connectivity index (χ0) is 17.3. The van der Waals surface area contributed by atoms with E-state index in [0.29, 0.717) is 6.42 Å². The molecule has 0 heterocycles. The van der Waals surface area contributed by atoms with Crippen molar-refractivity contribution in [3.05, 3.63) is 0 Å². The van der Waals surface area contributed by atoms with Gasteiger partial charge in [0.15, 0.2) is 0 Å². The Labute approximate surface area is 135 Å². The summed E-state index contributed by atoms with van der Waals surface area (Å²) in [6.45, 7) is 2.25. The third-order valence-corrected chi connectivity index (χ3v) is 3.87. The van der Waals surface area contributed by atoms with Gasteiger partial charge in [-0.25, -0.2) is 0 Å². The van der Waals surface area contributed by atoms with Gasteiger partial charge in [-0.1, -0.05) is 96.8 Å². The van der Waals surface area contributed by atoms with Gasteiger partial charge < -0.3 is 4.74 Å². The lowest BCUT2D eigenvalue weighted by molar-refractivity contribution is -0.140. The van der Waals surface area contributed by atoms with Crippen molar-refractivity contribution in [1.29, 1.82) is 0 Å². The van der Waals surface area contributed by atoms with Gasteiger partial charge in [-0.15, -0.1) is 0 Å². The molecular weight excluding hydrogens is 260 g/mol.